The summed E-state index contributed by atoms with van der Waals surface area (Å²) in [6.45, 7) is 5.19. The predicted molar refractivity (Wildman–Crippen MR) is 68.3 cm³/mol. The minimum absolute atomic E-state index is 0.128. The van der Waals surface area contributed by atoms with Crippen LogP contribution < -0.4 is 0 Å². The molecule has 0 spiro atoms. The van der Waals surface area contributed by atoms with Gasteiger partial charge in [-0.1, -0.05) is 22.0 Å². The molecule has 3 heteroatoms. The smallest absolute Gasteiger partial charge is 0.123 e. The second-order valence-corrected chi connectivity index (χ2v) is 5.26. The Morgan fingerprint density at radius 3 is 3.00 bits per heavy atom. The molecule has 88 valence electrons. The third-order valence-electron chi connectivity index (χ3n) is 3.29. The van der Waals surface area contributed by atoms with Crippen molar-refractivity contribution in [3.8, 4) is 0 Å². The van der Waals surface area contributed by atoms with Crippen molar-refractivity contribution in [2.24, 2.45) is 5.92 Å². The number of rotatable bonds is 3. The molecule has 1 aliphatic rings. The highest BCUT2D eigenvalue weighted by atomic mass is 79.9. The van der Waals surface area contributed by atoms with Crippen LogP contribution in [0.15, 0.2) is 18.2 Å². The molecule has 0 saturated carbocycles. The zero-order chi connectivity index (χ0) is 11.5. The van der Waals surface area contributed by atoms with Gasteiger partial charge in [-0.05, 0) is 49.1 Å². The lowest BCUT2D eigenvalue weighted by molar-refractivity contribution is 0.320. The first kappa shape index (κ1) is 12.1. The summed E-state index contributed by atoms with van der Waals surface area (Å²) in [5.74, 6) is 0.630. The highest BCUT2D eigenvalue weighted by molar-refractivity contribution is 9.09. The van der Waals surface area contributed by atoms with E-state index in [4.69, 9.17) is 0 Å². The van der Waals surface area contributed by atoms with Crippen LogP contribution in [0.1, 0.15) is 17.5 Å². The summed E-state index contributed by atoms with van der Waals surface area (Å²) < 4.78 is 13.1. The molecule has 0 radical (unpaired) electrons. The van der Waals surface area contributed by atoms with Crippen molar-refractivity contribution in [1.29, 1.82) is 0 Å². The van der Waals surface area contributed by atoms with Crippen molar-refractivity contribution in [3.05, 3.63) is 35.1 Å². The van der Waals surface area contributed by atoms with E-state index in [1.165, 1.54) is 18.1 Å². The lowest BCUT2D eigenvalue weighted by atomic mass is 10.1. The summed E-state index contributed by atoms with van der Waals surface area (Å²) in [5, 5.41) is 1.08. The van der Waals surface area contributed by atoms with E-state index in [0.29, 0.717) is 0 Å². The van der Waals surface area contributed by atoms with E-state index < -0.39 is 0 Å². The van der Waals surface area contributed by atoms with Crippen LogP contribution in [-0.2, 0) is 6.54 Å². The van der Waals surface area contributed by atoms with E-state index >= 15 is 0 Å². The van der Waals surface area contributed by atoms with Crippen LogP contribution in [0.25, 0.3) is 0 Å². The van der Waals surface area contributed by atoms with Gasteiger partial charge in [-0.2, -0.15) is 0 Å². The Bertz CT molecular complexity index is 367. The molecule has 1 aliphatic heterocycles. The number of alkyl halides is 1. The molecule has 16 heavy (non-hydrogen) atoms. The van der Waals surface area contributed by atoms with Gasteiger partial charge < -0.3 is 0 Å². The van der Waals surface area contributed by atoms with Crippen molar-refractivity contribution in [2.45, 2.75) is 19.9 Å². The molecule has 0 aromatic heterocycles. The predicted octanol–water partition coefficient (Wildman–Crippen LogP) is 3.35. The van der Waals surface area contributed by atoms with E-state index in [0.717, 1.165) is 36.4 Å². The van der Waals surface area contributed by atoms with E-state index in [2.05, 4.69) is 20.8 Å². The number of benzene rings is 1. The Morgan fingerprint density at radius 1 is 1.50 bits per heavy atom. The van der Waals surface area contributed by atoms with Gasteiger partial charge in [0.05, 0.1) is 0 Å². The topological polar surface area (TPSA) is 3.24 Å². The Kier molecular flexibility index (Phi) is 3.98. The van der Waals surface area contributed by atoms with Crippen LogP contribution >= 0.6 is 15.9 Å². The second-order valence-electron chi connectivity index (χ2n) is 4.61. The fraction of sp³-hybridized carbons (Fsp3) is 0.538. The molecule has 1 unspecified atom stereocenters. The van der Waals surface area contributed by atoms with Gasteiger partial charge in [0.2, 0.25) is 0 Å². The van der Waals surface area contributed by atoms with E-state index in [-0.39, 0.29) is 5.82 Å². The summed E-state index contributed by atoms with van der Waals surface area (Å²) in [4.78, 5) is 2.41. The summed E-state index contributed by atoms with van der Waals surface area (Å²) in [6.07, 6.45) is 1.25. The Morgan fingerprint density at radius 2 is 2.31 bits per heavy atom. The van der Waals surface area contributed by atoms with Gasteiger partial charge in [0.15, 0.2) is 0 Å². The van der Waals surface area contributed by atoms with E-state index in [1.807, 2.05) is 13.0 Å². The fourth-order valence-corrected chi connectivity index (χ4v) is 2.76. The summed E-state index contributed by atoms with van der Waals surface area (Å²) in [7, 11) is 0. The highest BCUT2D eigenvalue weighted by Crippen LogP contribution is 2.21. The summed E-state index contributed by atoms with van der Waals surface area (Å²) >= 11 is 3.53. The molecule has 1 aromatic rings. The molecule has 0 amide bonds. The molecule has 0 aliphatic carbocycles. The number of hydrogen-bond donors (Lipinski definition) is 0. The Hall–Kier alpha value is -0.410. The lowest BCUT2D eigenvalue weighted by Crippen LogP contribution is -2.21. The van der Waals surface area contributed by atoms with E-state index in [9.17, 15) is 4.39 Å². The molecule has 1 atom stereocenters. The molecule has 2 rings (SSSR count). The fourth-order valence-electron chi connectivity index (χ4n) is 2.23. The quantitative estimate of drug-likeness (QED) is 0.770. The van der Waals surface area contributed by atoms with Crippen LogP contribution in [0.2, 0.25) is 0 Å². The maximum absolute atomic E-state index is 13.1. The molecule has 1 aromatic carbocycles. The Balaban J connectivity index is 2.01. The van der Waals surface area contributed by atoms with Crippen LogP contribution in [-0.4, -0.2) is 23.3 Å². The third-order valence-corrected chi connectivity index (χ3v) is 4.21. The van der Waals surface area contributed by atoms with Gasteiger partial charge in [-0.3, -0.25) is 4.90 Å². The standard InChI is InChI=1S/C13H17BrFN/c1-10-2-3-13(15)6-12(10)9-16-5-4-11(7-14)8-16/h2-3,6,11H,4-5,7-9H2,1H3. The van der Waals surface area contributed by atoms with Gasteiger partial charge in [0.25, 0.3) is 0 Å². The molecular formula is C13H17BrFN. The monoisotopic (exact) mass is 285 g/mol. The largest absolute Gasteiger partial charge is 0.299 e. The summed E-state index contributed by atoms with van der Waals surface area (Å²) in [6, 6.07) is 5.06. The molecule has 0 N–H and O–H groups in total. The number of halogens is 2. The van der Waals surface area contributed by atoms with Crippen molar-refractivity contribution >= 4 is 15.9 Å². The average molecular weight is 286 g/mol. The second kappa shape index (κ2) is 5.28. The van der Waals surface area contributed by atoms with Gasteiger partial charge in [0.1, 0.15) is 5.82 Å². The molecular weight excluding hydrogens is 269 g/mol. The first-order valence-electron chi connectivity index (χ1n) is 5.72. The lowest BCUT2D eigenvalue weighted by Gasteiger charge is -2.17. The van der Waals surface area contributed by atoms with Crippen LogP contribution in [0, 0.1) is 18.7 Å². The van der Waals surface area contributed by atoms with Crippen molar-refractivity contribution in [1.82, 2.24) is 4.90 Å². The highest BCUT2D eigenvalue weighted by Gasteiger charge is 2.21. The maximum atomic E-state index is 13.1. The van der Waals surface area contributed by atoms with Crippen molar-refractivity contribution in [2.75, 3.05) is 18.4 Å². The molecule has 1 saturated heterocycles. The zero-order valence-electron chi connectivity index (χ0n) is 9.55. The zero-order valence-corrected chi connectivity index (χ0v) is 11.1. The Labute approximate surface area is 105 Å². The van der Waals surface area contributed by atoms with Crippen LogP contribution in [0.5, 0.6) is 0 Å². The van der Waals surface area contributed by atoms with Crippen LogP contribution in [0.3, 0.4) is 0 Å². The number of aryl methyl sites for hydroxylation is 1. The molecule has 0 bridgehead atoms. The minimum Gasteiger partial charge on any atom is -0.299 e. The molecule has 1 heterocycles. The normalized spacial score (nSPS) is 21.6. The van der Waals surface area contributed by atoms with Crippen molar-refractivity contribution in [3.63, 3.8) is 0 Å². The minimum atomic E-state index is -0.128. The number of nitrogens with zero attached hydrogens (tertiary/aromatic N) is 1. The van der Waals surface area contributed by atoms with Gasteiger partial charge in [0, 0.05) is 18.4 Å². The number of likely N-dealkylation sites (tertiary alicyclic amines) is 1. The first-order chi connectivity index (χ1) is 7.69. The van der Waals surface area contributed by atoms with Gasteiger partial charge in [-0.15, -0.1) is 0 Å². The van der Waals surface area contributed by atoms with Gasteiger partial charge >= 0.3 is 0 Å². The SMILES string of the molecule is Cc1ccc(F)cc1CN1CCC(CBr)C1. The maximum Gasteiger partial charge on any atom is 0.123 e. The van der Waals surface area contributed by atoms with E-state index in [1.54, 1.807) is 6.07 Å². The summed E-state index contributed by atoms with van der Waals surface area (Å²) in [5.41, 5.74) is 2.30. The van der Waals surface area contributed by atoms with Gasteiger partial charge in [-0.25, -0.2) is 4.39 Å². The average Bonchev–Trinajstić information content (AvgIpc) is 2.71. The molecule has 1 fully saturated rings. The first-order valence-corrected chi connectivity index (χ1v) is 6.84. The van der Waals surface area contributed by atoms with Crippen molar-refractivity contribution < 1.29 is 4.39 Å². The van der Waals surface area contributed by atoms with Crippen LogP contribution in [0.4, 0.5) is 4.39 Å². The molecule has 1 nitrogen and oxygen atoms in total. The third kappa shape index (κ3) is 2.83. The number of hydrogen-bond acceptors (Lipinski definition) is 1.